The Labute approximate surface area is 104 Å². The topological polar surface area (TPSA) is 51.9 Å². The Balaban J connectivity index is 2.16. The van der Waals surface area contributed by atoms with E-state index in [1.54, 1.807) is 0 Å². The summed E-state index contributed by atoms with van der Waals surface area (Å²) in [5.41, 5.74) is 3.25. The number of H-pyrrole nitrogens is 1. The smallest absolute Gasteiger partial charge is 0.0875 e. The third-order valence-corrected chi connectivity index (χ3v) is 3.03. The highest BCUT2D eigenvalue weighted by Gasteiger charge is 2.25. The molecule has 4 nitrogen and oxygen atoms in total. The molecule has 0 atom stereocenters. The minimum atomic E-state index is 0.549. The van der Waals surface area contributed by atoms with Gasteiger partial charge in [-0.2, -0.15) is 0 Å². The number of hydrogen-bond acceptors (Lipinski definition) is 2. The molecule has 0 fully saturated rings. The molecule has 0 radical (unpaired) electrons. The van der Waals surface area contributed by atoms with Crippen LogP contribution in [0.2, 0.25) is 0 Å². The SMILES string of the molecule is O=[n+]1o[nH]c(-c2ccccc2)c1C1=CC=CCC1. The van der Waals surface area contributed by atoms with Crippen molar-refractivity contribution in [3.63, 3.8) is 0 Å². The van der Waals surface area contributed by atoms with Crippen molar-refractivity contribution in [1.29, 1.82) is 0 Å². The van der Waals surface area contributed by atoms with Gasteiger partial charge in [-0.15, -0.1) is 0 Å². The van der Waals surface area contributed by atoms with Gasteiger partial charge in [0.05, 0.1) is 0 Å². The van der Waals surface area contributed by atoms with Gasteiger partial charge in [0.1, 0.15) is 0 Å². The molecule has 1 aliphatic carbocycles. The maximum Gasteiger partial charge on any atom is 0.276 e. The van der Waals surface area contributed by atoms with Gasteiger partial charge >= 0.3 is 0 Å². The predicted molar refractivity (Wildman–Crippen MR) is 68.2 cm³/mol. The van der Waals surface area contributed by atoms with Gasteiger partial charge in [-0.3, -0.25) is 0 Å². The van der Waals surface area contributed by atoms with Crippen LogP contribution < -0.4 is 4.60 Å². The van der Waals surface area contributed by atoms with Crippen LogP contribution in [0.4, 0.5) is 0 Å². The third kappa shape index (κ3) is 1.82. The van der Waals surface area contributed by atoms with E-state index in [9.17, 15) is 4.91 Å². The van der Waals surface area contributed by atoms with Crippen molar-refractivity contribution in [2.75, 3.05) is 0 Å². The quantitative estimate of drug-likeness (QED) is 0.878. The summed E-state index contributed by atoms with van der Waals surface area (Å²) >= 11 is 0. The van der Waals surface area contributed by atoms with Gasteiger partial charge in [0.25, 0.3) is 5.69 Å². The van der Waals surface area contributed by atoms with Gasteiger partial charge in [-0.25, -0.2) is 0 Å². The summed E-state index contributed by atoms with van der Waals surface area (Å²) in [5, 5.41) is 2.70. The van der Waals surface area contributed by atoms with Crippen molar-refractivity contribution >= 4 is 5.57 Å². The molecule has 0 spiro atoms. The van der Waals surface area contributed by atoms with E-state index in [0.29, 0.717) is 10.3 Å². The van der Waals surface area contributed by atoms with Gasteiger partial charge in [-0.05, 0) is 17.7 Å². The van der Waals surface area contributed by atoms with E-state index in [1.165, 1.54) is 0 Å². The second kappa shape index (κ2) is 4.49. The van der Waals surface area contributed by atoms with E-state index in [4.69, 9.17) is 4.63 Å². The Morgan fingerprint density at radius 3 is 2.78 bits per heavy atom. The summed E-state index contributed by atoms with van der Waals surface area (Å²) in [5.74, 6) is 0. The summed E-state index contributed by atoms with van der Waals surface area (Å²) in [6, 6.07) is 9.71. The first-order valence-corrected chi connectivity index (χ1v) is 5.92. The lowest BCUT2D eigenvalue weighted by Crippen LogP contribution is -2.16. The Morgan fingerprint density at radius 2 is 2.06 bits per heavy atom. The lowest BCUT2D eigenvalue weighted by molar-refractivity contribution is -0.715. The summed E-state index contributed by atoms with van der Waals surface area (Å²) in [6.07, 6.45) is 7.82. The number of allylic oxidation sites excluding steroid dienone is 4. The zero-order valence-electron chi connectivity index (χ0n) is 9.80. The van der Waals surface area contributed by atoms with Crippen LogP contribution in [0.1, 0.15) is 18.5 Å². The predicted octanol–water partition coefficient (Wildman–Crippen LogP) is 2.92. The van der Waals surface area contributed by atoms with E-state index < -0.39 is 0 Å². The molecule has 0 unspecified atom stereocenters. The van der Waals surface area contributed by atoms with Crippen molar-refractivity contribution in [1.82, 2.24) is 5.16 Å². The van der Waals surface area contributed by atoms with E-state index in [0.717, 1.165) is 29.7 Å². The molecule has 90 valence electrons. The van der Waals surface area contributed by atoms with Gasteiger partial charge < -0.3 is 0 Å². The van der Waals surface area contributed by atoms with Crippen LogP contribution in [0, 0.1) is 4.91 Å². The molecule has 0 amide bonds. The fourth-order valence-corrected chi connectivity index (χ4v) is 2.15. The minimum Gasteiger partial charge on any atom is -0.0875 e. The minimum absolute atomic E-state index is 0.549. The standard InChI is InChI=1S/C14H13N2O2/c17-16-14(12-9-5-2-6-10-12)13(15-18-16)11-7-3-1-4-8-11/h1-5,7-9,15H,6,10H2/q+1. The van der Waals surface area contributed by atoms with E-state index in [2.05, 4.69) is 11.2 Å². The monoisotopic (exact) mass is 241 g/mol. The Hall–Kier alpha value is -2.36. The maximum atomic E-state index is 11.8. The molecule has 0 bridgehead atoms. The molecule has 1 aromatic heterocycles. The Bertz CT molecular complexity index is 663. The molecule has 0 saturated carbocycles. The largest absolute Gasteiger partial charge is 0.276 e. The van der Waals surface area contributed by atoms with Crippen LogP contribution in [-0.4, -0.2) is 5.16 Å². The zero-order chi connectivity index (χ0) is 12.4. The molecule has 1 N–H and O–H groups in total. The van der Waals surface area contributed by atoms with Crippen molar-refractivity contribution in [3.8, 4) is 11.3 Å². The van der Waals surface area contributed by atoms with Crippen LogP contribution in [0.3, 0.4) is 0 Å². The number of hydrogen-bond donors (Lipinski definition) is 1. The van der Waals surface area contributed by atoms with Crippen LogP contribution >= 0.6 is 0 Å². The molecule has 4 heteroatoms. The van der Waals surface area contributed by atoms with Crippen molar-refractivity contribution in [2.45, 2.75) is 12.8 Å². The van der Waals surface area contributed by atoms with Gasteiger partial charge in [0.2, 0.25) is 5.69 Å². The molecular formula is C14H13N2O2+. The lowest BCUT2D eigenvalue weighted by atomic mass is 9.98. The fraction of sp³-hybridized carbons (Fsp3) is 0.143. The second-order valence-electron chi connectivity index (χ2n) is 4.20. The number of nitrogens with zero attached hydrogens (tertiary/aromatic N) is 1. The molecule has 3 rings (SSSR count). The summed E-state index contributed by atoms with van der Waals surface area (Å²) in [7, 11) is 0. The van der Waals surface area contributed by atoms with E-state index in [1.807, 2.05) is 42.5 Å². The number of benzene rings is 1. The highest BCUT2D eigenvalue weighted by atomic mass is 16.7. The first-order valence-electron chi connectivity index (χ1n) is 5.92. The van der Waals surface area contributed by atoms with Crippen molar-refractivity contribution < 1.29 is 9.23 Å². The molecular weight excluding hydrogens is 228 g/mol. The highest BCUT2D eigenvalue weighted by molar-refractivity contribution is 5.75. The molecule has 1 heterocycles. The molecule has 0 saturated heterocycles. The zero-order valence-corrected chi connectivity index (χ0v) is 9.80. The normalized spacial score (nSPS) is 14.6. The van der Waals surface area contributed by atoms with Crippen LogP contribution in [0.25, 0.3) is 16.8 Å². The van der Waals surface area contributed by atoms with Crippen LogP contribution in [-0.2, 0) is 0 Å². The van der Waals surface area contributed by atoms with Crippen molar-refractivity contribution in [2.24, 2.45) is 0 Å². The van der Waals surface area contributed by atoms with Crippen LogP contribution in [0.5, 0.6) is 0 Å². The first kappa shape index (κ1) is 10.8. The van der Waals surface area contributed by atoms with Crippen molar-refractivity contribution in [3.05, 3.63) is 59.2 Å². The number of aromatic nitrogens is 2. The highest BCUT2D eigenvalue weighted by Crippen LogP contribution is 2.28. The second-order valence-corrected chi connectivity index (χ2v) is 4.20. The number of aromatic amines is 1. The molecule has 1 aromatic carbocycles. The first-order chi connectivity index (χ1) is 8.86. The molecule has 1 aliphatic rings. The average Bonchev–Trinajstić information content (AvgIpc) is 2.83. The van der Waals surface area contributed by atoms with E-state index >= 15 is 0 Å². The van der Waals surface area contributed by atoms with Gasteiger partial charge in [0, 0.05) is 11.1 Å². The third-order valence-electron chi connectivity index (χ3n) is 3.03. The summed E-state index contributed by atoms with van der Waals surface area (Å²) in [6.45, 7) is 0. The number of nitrogens with one attached hydrogen (secondary N) is 1. The fourth-order valence-electron chi connectivity index (χ4n) is 2.15. The average molecular weight is 241 g/mol. The van der Waals surface area contributed by atoms with Crippen LogP contribution in [0.15, 0.2) is 53.2 Å². The van der Waals surface area contributed by atoms with Gasteiger partial charge in [-0.1, -0.05) is 58.3 Å². The summed E-state index contributed by atoms with van der Waals surface area (Å²) < 4.78 is 5.42. The molecule has 2 aromatic rings. The Morgan fingerprint density at radius 1 is 1.22 bits per heavy atom. The molecule has 0 aliphatic heterocycles. The summed E-state index contributed by atoms with van der Waals surface area (Å²) in [4.78, 5) is 11.8. The number of rotatable bonds is 2. The lowest BCUT2D eigenvalue weighted by Gasteiger charge is -2.03. The van der Waals surface area contributed by atoms with E-state index in [-0.39, 0.29) is 0 Å². The maximum absolute atomic E-state index is 11.8. The molecule has 18 heavy (non-hydrogen) atoms. The Kier molecular flexibility index (Phi) is 2.68. The van der Waals surface area contributed by atoms with Gasteiger partial charge in [0.15, 0.2) is 4.60 Å².